The van der Waals surface area contributed by atoms with E-state index in [9.17, 15) is 0 Å². The van der Waals surface area contributed by atoms with Crippen LogP contribution in [0.1, 0.15) is 27.2 Å². The van der Waals surface area contributed by atoms with Crippen LogP contribution in [0.3, 0.4) is 0 Å². The van der Waals surface area contributed by atoms with Crippen molar-refractivity contribution in [1.29, 1.82) is 5.26 Å². The Kier molecular flexibility index (Phi) is 7.17. The minimum absolute atomic E-state index is 0.221. The Bertz CT molecular complexity index is 167. The Morgan fingerprint density at radius 1 is 1.38 bits per heavy atom. The highest BCUT2D eigenvalue weighted by molar-refractivity contribution is 7.46. The molecule has 2 unspecified atom stereocenters. The lowest BCUT2D eigenvalue weighted by Crippen LogP contribution is -2.13. The van der Waals surface area contributed by atoms with Crippen LogP contribution in [-0.4, -0.2) is 19.4 Å². The summed E-state index contributed by atoms with van der Waals surface area (Å²) in [5.74, 6) is 0.504. The van der Waals surface area contributed by atoms with E-state index in [0.29, 0.717) is 18.9 Å². The average Bonchev–Trinajstić information content (AvgIpc) is 2.04. The molecule has 0 aliphatic heterocycles. The summed E-state index contributed by atoms with van der Waals surface area (Å²) in [6.07, 6.45) is 0.657. The minimum atomic E-state index is -0.815. The second kappa shape index (κ2) is 7.26. The molecule has 2 atom stereocenters. The third kappa shape index (κ3) is 6.95. The molecule has 0 radical (unpaired) electrons. The highest BCUT2D eigenvalue weighted by atomic mass is 31.2. The molecule has 0 spiro atoms. The number of nitriles is 1. The van der Waals surface area contributed by atoms with E-state index >= 15 is 0 Å². The normalized spacial score (nSPS) is 15.4. The first kappa shape index (κ1) is 12.8. The van der Waals surface area contributed by atoms with Crippen LogP contribution in [0.4, 0.5) is 0 Å². The first-order valence-corrected chi connectivity index (χ1v) is 6.10. The van der Waals surface area contributed by atoms with Crippen LogP contribution < -0.4 is 0 Å². The Balaban J connectivity index is 3.50. The van der Waals surface area contributed by atoms with Crippen LogP contribution in [-0.2, 0) is 9.05 Å². The third-order valence-corrected chi connectivity index (χ3v) is 2.92. The maximum absolute atomic E-state index is 8.29. The van der Waals surface area contributed by atoms with Crippen molar-refractivity contribution in [2.24, 2.45) is 5.92 Å². The van der Waals surface area contributed by atoms with Gasteiger partial charge >= 0.3 is 0 Å². The van der Waals surface area contributed by atoms with Gasteiger partial charge < -0.3 is 9.05 Å². The zero-order chi connectivity index (χ0) is 10.3. The first-order chi connectivity index (χ1) is 6.07. The first-order valence-electron chi connectivity index (χ1n) is 4.48. The summed E-state index contributed by atoms with van der Waals surface area (Å²) in [5, 5.41) is 8.29. The van der Waals surface area contributed by atoms with E-state index in [-0.39, 0.29) is 6.10 Å². The molecule has 0 bridgehead atoms. The third-order valence-electron chi connectivity index (χ3n) is 1.74. The molecular formula is C9H18NO2P. The lowest BCUT2D eigenvalue weighted by atomic mass is 10.1. The van der Waals surface area contributed by atoms with Gasteiger partial charge in [0.25, 0.3) is 0 Å². The largest absolute Gasteiger partial charge is 0.333 e. The van der Waals surface area contributed by atoms with Crippen molar-refractivity contribution in [3.8, 4) is 6.07 Å². The molecule has 0 aliphatic rings. The molecule has 0 aromatic carbocycles. The topological polar surface area (TPSA) is 42.2 Å². The van der Waals surface area contributed by atoms with Crippen molar-refractivity contribution >= 4 is 8.38 Å². The number of nitrogens with zero attached hydrogens (tertiary/aromatic N) is 1. The molecule has 0 aromatic heterocycles. The van der Waals surface area contributed by atoms with E-state index < -0.39 is 8.38 Å². The molecule has 0 aromatic rings. The monoisotopic (exact) mass is 203 g/mol. The lowest BCUT2D eigenvalue weighted by molar-refractivity contribution is 0.157. The van der Waals surface area contributed by atoms with E-state index in [1.807, 2.05) is 19.7 Å². The SMILES string of the molecule is CC(C)C(C)OP(C)OCCC#N. The molecule has 0 saturated carbocycles. The van der Waals surface area contributed by atoms with Crippen LogP contribution >= 0.6 is 8.38 Å². The second-order valence-electron chi connectivity index (χ2n) is 3.24. The minimum Gasteiger partial charge on any atom is -0.333 e. The molecule has 4 heteroatoms. The van der Waals surface area contributed by atoms with Crippen LogP contribution in [0.5, 0.6) is 0 Å². The number of hydrogen-bond donors (Lipinski definition) is 0. The summed E-state index contributed by atoms with van der Waals surface area (Å²) < 4.78 is 10.9. The summed E-state index contributed by atoms with van der Waals surface area (Å²) in [5.41, 5.74) is 0. The second-order valence-corrected chi connectivity index (χ2v) is 4.58. The molecule has 0 heterocycles. The van der Waals surface area contributed by atoms with Gasteiger partial charge in [-0.1, -0.05) is 13.8 Å². The Hall–Kier alpha value is -0.160. The molecule has 0 aliphatic carbocycles. The van der Waals surface area contributed by atoms with Gasteiger partial charge in [-0.15, -0.1) is 0 Å². The van der Waals surface area contributed by atoms with Gasteiger partial charge in [-0.2, -0.15) is 5.26 Å². The predicted molar refractivity (Wildman–Crippen MR) is 54.4 cm³/mol. The maximum atomic E-state index is 8.29. The van der Waals surface area contributed by atoms with Gasteiger partial charge in [0, 0.05) is 6.66 Å². The van der Waals surface area contributed by atoms with Crippen molar-refractivity contribution in [3.05, 3.63) is 0 Å². The Morgan fingerprint density at radius 3 is 2.46 bits per heavy atom. The van der Waals surface area contributed by atoms with Gasteiger partial charge in [0.2, 0.25) is 0 Å². The fourth-order valence-corrected chi connectivity index (χ4v) is 1.73. The Labute approximate surface area is 82.0 Å². The average molecular weight is 203 g/mol. The van der Waals surface area contributed by atoms with E-state index in [2.05, 4.69) is 13.8 Å². The number of hydrogen-bond acceptors (Lipinski definition) is 3. The molecule has 0 rings (SSSR count). The molecular weight excluding hydrogens is 185 g/mol. The van der Waals surface area contributed by atoms with E-state index in [4.69, 9.17) is 14.3 Å². The summed E-state index contributed by atoms with van der Waals surface area (Å²) >= 11 is 0. The Morgan fingerprint density at radius 2 is 2.00 bits per heavy atom. The number of rotatable bonds is 6. The van der Waals surface area contributed by atoms with Gasteiger partial charge in [-0.25, -0.2) is 0 Å². The summed E-state index contributed by atoms with van der Waals surface area (Å²) in [4.78, 5) is 0. The van der Waals surface area contributed by atoms with Crippen LogP contribution in [0, 0.1) is 17.2 Å². The predicted octanol–water partition coefficient (Wildman–Crippen LogP) is 2.92. The fraction of sp³-hybridized carbons (Fsp3) is 0.889. The molecule has 0 amide bonds. The summed E-state index contributed by atoms with van der Waals surface area (Å²) in [6, 6.07) is 2.03. The van der Waals surface area contributed by atoms with Crippen molar-refractivity contribution in [1.82, 2.24) is 0 Å². The van der Waals surface area contributed by atoms with Gasteiger partial charge in [-0.05, 0) is 12.8 Å². The molecule has 13 heavy (non-hydrogen) atoms. The summed E-state index contributed by atoms with van der Waals surface area (Å²) in [7, 11) is -0.815. The van der Waals surface area contributed by atoms with E-state index in [1.165, 1.54) is 0 Å². The maximum Gasteiger partial charge on any atom is 0.167 e. The van der Waals surface area contributed by atoms with Crippen molar-refractivity contribution in [2.45, 2.75) is 33.3 Å². The van der Waals surface area contributed by atoms with Crippen molar-refractivity contribution in [2.75, 3.05) is 13.3 Å². The van der Waals surface area contributed by atoms with Crippen molar-refractivity contribution < 1.29 is 9.05 Å². The van der Waals surface area contributed by atoms with Crippen LogP contribution in [0.25, 0.3) is 0 Å². The van der Waals surface area contributed by atoms with Crippen LogP contribution in [0.15, 0.2) is 0 Å². The molecule has 3 nitrogen and oxygen atoms in total. The van der Waals surface area contributed by atoms with Gasteiger partial charge in [0.15, 0.2) is 8.38 Å². The lowest BCUT2D eigenvalue weighted by Gasteiger charge is -2.20. The van der Waals surface area contributed by atoms with E-state index in [0.717, 1.165) is 0 Å². The van der Waals surface area contributed by atoms with Crippen LogP contribution in [0.2, 0.25) is 0 Å². The zero-order valence-electron chi connectivity index (χ0n) is 8.78. The zero-order valence-corrected chi connectivity index (χ0v) is 9.67. The van der Waals surface area contributed by atoms with Gasteiger partial charge in [0.05, 0.1) is 25.2 Å². The summed E-state index contributed by atoms with van der Waals surface area (Å²) in [6.45, 7) is 8.67. The van der Waals surface area contributed by atoms with E-state index in [1.54, 1.807) is 0 Å². The highest BCUT2D eigenvalue weighted by Crippen LogP contribution is 2.36. The standard InChI is InChI=1S/C9H18NO2P/c1-8(2)9(3)12-13(4)11-7-5-6-10/h8-9H,5,7H2,1-4H3. The fourth-order valence-electron chi connectivity index (χ4n) is 0.606. The van der Waals surface area contributed by atoms with Gasteiger partial charge in [-0.3, -0.25) is 0 Å². The molecule has 0 saturated heterocycles. The molecule has 76 valence electrons. The van der Waals surface area contributed by atoms with Gasteiger partial charge in [0.1, 0.15) is 0 Å². The molecule has 0 fully saturated rings. The molecule has 0 N–H and O–H groups in total. The smallest absolute Gasteiger partial charge is 0.167 e. The highest BCUT2D eigenvalue weighted by Gasteiger charge is 2.12. The quantitative estimate of drug-likeness (QED) is 0.492. The van der Waals surface area contributed by atoms with Crippen molar-refractivity contribution in [3.63, 3.8) is 0 Å².